The average molecular weight is 1140 g/mol. The van der Waals surface area contributed by atoms with E-state index in [-0.39, 0.29) is 25.2 Å². The van der Waals surface area contributed by atoms with Crippen LogP contribution < -0.4 is 0 Å². The van der Waals surface area contributed by atoms with Gasteiger partial charge in [0.2, 0.25) is 0 Å². The summed E-state index contributed by atoms with van der Waals surface area (Å²) in [6, 6.07) is 0. The number of esters is 2. The molecule has 1 atom stereocenters. The molecular weight excluding hydrogens is 1000 g/mol. The lowest BCUT2D eigenvalue weighted by molar-refractivity contribution is -0.161. The van der Waals surface area contributed by atoms with Crippen molar-refractivity contribution in [2.24, 2.45) is 0 Å². The molecule has 0 aromatic heterocycles. The predicted molar refractivity (Wildman–Crippen MR) is 361 cm³/mol. The minimum Gasteiger partial charge on any atom is -0.462 e. The second-order valence-electron chi connectivity index (χ2n) is 22.8. The van der Waals surface area contributed by atoms with Gasteiger partial charge in [0, 0.05) is 12.8 Å². The quantitative estimate of drug-likeness (QED) is 0.0373. The van der Waals surface area contributed by atoms with Gasteiger partial charge < -0.3 is 14.6 Å². The summed E-state index contributed by atoms with van der Waals surface area (Å²) in [4.78, 5) is 24.7. The van der Waals surface area contributed by atoms with Gasteiger partial charge in [0.15, 0.2) is 6.10 Å². The lowest BCUT2D eigenvalue weighted by atomic mass is 10.0. The van der Waals surface area contributed by atoms with Crippen molar-refractivity contribution >= 4 is 11.9 Å². The molecule has 0 amide bonds. The Kier molecular flexibility index (Phi) is 67.9. The number of ether oxygens (including phenoxy) is 2. The number of hydrogen-bond donors (Lipinski definition) is 1. The van der Waals surface area contributed by atoms with Crippen molar-refractivity contribution in [1.82, 2.24) is 0 Å². The molecule has 0 aromatic carbocycles. The summed E-state index contributed by atoms with van der Waals surface area (Å²) in [5, 5.41) is 9.71. The van der Waals surface area contributed by atoms with Crippen molar-refractivity contribution in [2.75, 3.05) is 13.2 Å². The predicted octanol–water partition coefficient (Wildman–Crippen LogP) is 24.3. The lowest BCUT2D eigenvalue weighted by Crippen LogP contribution is -2.28. The topological polar surface area (TPSA) is 72.8 Å². The molecule has 0 spiro atoms. The molecule has 0 radical (unpaired) electrons. The highest BCUT2D eigenvalue weighted by atomic mass is 16.6. The molecule has 0 rings (SSSR count). The largest absolute Gasteiger partial charge is 0.462 e. The summed E-state index contributed by atoms with van der Waals surface area (Å²) in [7, 11) is 0. The number of unbranched alkanes of at least 4 members (excludes halogenated alkanes) is 33. The van der Waals surface area contributed by atoms with E-state index in [1.54, 1.807) is 0 Å². The third-order valence-electron chi connectivity index (χ3n) is 14.9. The zero-order valence-corrected chi connectivity index (χ0v) is 53.7. The minimum atomic E-state index is -0.780. The highest BCUT2D eigenvalue weighted by Gasteiger charge is 2.16. The number of carbonyl (C=O) groups is 2. The van der Waals surface area contributed by atoms with E-state index in [4.69, 9.17) is 9.47 Å². The second-order valence-corrected chi connectivity index (χ2v) is 22.8. The van der Waals surface area contributed by atoms with Gasteiger partial charge >= 0.3 is 11.9 Å². The van der Waals surface area contributed by atoms with Crippen LogP contribution in [0, 0.1) is 0 Å². The van der Waals surface area contributed by atoms with Crippen LogP contribution >= 0.6 is 0 Å². The van der Waals surface area contributed by atoms with E-state index in [2.05, 4.69) is 148 Å². The van der Waals surface area contributed by atoms with E-state index < -0.39 is 6.10 Å². The number of aliphatic hydroxyl groups is 1. The van der Waals surface area contributed by atoms with Crippen LogP contribution in [-0.2, 0) is 19.1 Å². The van der Waals surface area contributed by atoms with E-state index in [0.717, 1.165) is 109 Å². The summed E-state index contributed by atoms with van der Waals surface area (Å²) >= 11 is 0. The van der Waals surface area contributed by atoms with Crippen LogP contribution in [0.1, 0.15) is 322 Å². The molecule has 0 saturated carbocycles. The van der Waals surface area contributed by atoms with Gasteiger partial charge in [0.05, 0.1) is 6.61 Å². The fourth-order valence-electron chi connectivity index (χ4n) is 9.82. The van der Waals surface area contributed by atoms with E-state index in [0.29, 0.717) is 12.8 Å². The Morgan fingerprint density at radius 2 is 0.488 bits per heavy atom. The lowest BCUT2D eigenvalue weighted by Gasteiger charge is -2.15. The van der Waals surface area contributed by atoms with Gasteiger partial charge in [-0.15, -0.1) is 0 Å². The number of aliphatic hydroxyl groups excluding tert-OH is 1. The highest BCUT2D eigenvalue weighted by Crippen LogP contribution is 2.17. The minimum absolute atomic E-state index is 0.0683. The molecule has 5 heteroatoms. The Bertz CT molecular complexity index is 1670. The van der Waals surface area contributed by atoms with Gasteiger partial charge in [-0.3, -0.25) is 9.59 Å². The van der Waals surface area contributed by atoms with Crippen molar-refractivity contribution in [2.45, 2.75) is 328 Å². The summed E-state index contributed by atoms with van der Waals surface area (Å²) in [6.45, 7) is 3.94. The summed E-state index contributed by atoms with van der Waals surface area (Å²) in [6.07, 6.45) is 106. The number of hydrogen-bond acceptors (Lipinski definition) is 5. The Labute approximate surface area is 508 Å². The first-order chi connectivity index (χ1) is 40.6. The second kappa shape index (κ2) is 71.3. The smallest absolute Gasteiger partial charge is 0.306 e. The molecule has 1 N–H and O–H groups in total. The Morgan fingerprint density at radius 3 is 0.732 bits per heavy atom. The van der Waals surface area contributed by atoms with Crippen LogP contribution in [0.25, 0.3) is 0 Å². The SMILES string of the molecule is CC/C=C\C/C=C\C/C=C\C/C=C\C/C=C\C/C=C\CCCCCCCCCCCCCCCCC(=O)OC(CO)COC(=O)CCCCCCCCCCCCCCCCCCCCC/C=C\C/C=C\C/C=C\C/C=C\C/C=C\CC. The highest BCUT2D eigenvalue weighted by molar-refractivity contribution is 5.70. The van der Waals surface area contributed by atoms with Gasteiger partial charge in [-0.25, -0.2) is 0 Å². The van der Waals surface area contributed by atoms with Crippen LogP contribution in [0.2, 0.25) is 0 Å². The molecule has 0 heterocycles. The third kappa shape index (κ3) is 68.5. The van der Waals surface area contributed by atoms with E-state index >= 15 is 0 Å². The number of rotatable bonds is 63. The van der Waals surface area contributed by atoms with E-state index in [1.807, 2.05) is 0 Å². The van der Waals surface area contributed by atoms with Gasteiger partial charge in [0.25, 0.3) is 0 Å². The molecule has 0 aliphatic carbocycles. The van der Waals surface area contributed by atoms with Gasteiger partial charge in [-0.05, 0) is 109 Å². The molecule has 82 heavy (non-hydrogen) atoms. The fraction of sp³-hybridized carbons (Fsp3) is 0.688. The summed E-state index contributed by atoms with van der Waals surface area (Å²) in [5.74, 6) is -0.583. The molecule has 5 nitrogen and oxygen atoms in total. The zero-order chi connectivity index (χ0) is 59.1. The van der Waals surface area contributed by atoms with Crippen molar-refractivity contribution in [3.05, 3.63) is 134 Å². The molecule has 0 aliphatic heterocycles. The Morgan fingerprint density at radius 1 is 0.280 bits per heavy atom. The first kappa shape index (κ1) is 78.0. The number of carbonyl (C=O) groups excluding carboxylic acids is 2. The molecule has 0 aromatic rings. The summed E-state index contributed by atoms with van der Waals surface area (Å²) < 4.78 is 10.8. The van der Waals surface area contributed by atoms with Crippen LogP contribution in [0.3, 0.4) is 0 Å². The third-order valence-corrected chi connectivity index (χ3v) is 14.9. The maximum absolute atomic E-state index is 12.4. The molecule has 1 unspecified atom stereocenters. The van der Waals surface area contributed by atoms with Crippen molar-refractivity contribution in [3.63, 3.8) is 0 Å². The molecule has 468 valence electrons. The molecule has 0 aliphatic rings. The zero-order valence-electron chi connectivity index (χ0n) is 53.7. The van der Waals surface area contributed by atoms with Crippen molar-refractivity contribution < 1.29 is 24.2 Å². The molecule has 0 fully saturated rings. The van der Waals surface area contributed by atoms with Crippen LogP contribution in [0.15, 0.2) is 134 Å². The van der Waals surface area contributed by atoms with Crippen molar-refractivity contribution in [1.29, 1.82) is 0 Å². The van der Waals surface area contributed by atoms with E-state index in [1.165, 1.54) is 186 Å². The van der Waals surface area contributed by atoms with E-state index in [9.17, 15) is 14.7 Å². The molecular formula is C77H130O5. The normalized spacial score (nSPS) is 13.1. The average Bonchev–Trinajstić information content (AvgIpc) is 3.49. The van der Waals surface area contributed by atoms with Gasteiger partial charge in [-0.2, -0.15) is 0 Å². The van der Waals surface area contributed by atoms with Crippen molar-refractivity contribution in [3.8, 4) is 0 Å². The molecule has 0 bridgehead atoms. The standard InChI is InChI=1S/C77H130O5/c1-3-5-7-9-11-13-15-17-19-21-23-25-27-29-31-33-35-37-38-40-41-43-45-47-49-51-53-55-57-59-61-63-65-67-69-71-76(79)81-74-75(73-78)82-77(80)72-70-68-66-64-62-60-58-56-54-52-50-48-46-44-42-39-36-34-32-30-28-26-24-22-20-18-16-14-12-10-8-6-4-2/h5-8,11-14,17-20,23-26,29-32,36,39,75,78H,3-4,9-10,15-16,21-22,27-28,33-35,37-38,40-74H2,1-2H3/b7-5-,8-6-,13-11-,14-12-,19-17-,20-18-,25-23-,26-24-,31-29-,32-30-,39-36-. The summed E-state index contributed by atoms with van der Waals surface area (Å²) in [5.41, 5.74) is 0. The first-order valence-corrected chi connectivity index (χ1v) is 34.7. The fourth-order valence-corrected chi connectivity index (χ4v) is 9.82. The molecule has 0 saturated heterocycles. The van der Waals surface area contributed by atoms with Crippen LogP contribution in [-0.4, -0.2) is 36.4 Å². The first-order valence-electron chi connectivity index (χ1n) is 34.7. The van der Waals surface area contributed by atoms with Crippen LogP contribution in [0.4, 0.5) is 0 Å². The maximum atomic E-state index is 12.4. The Hall–Kier alpha value is -3.96. The van der Waals surface area contributed by atoms with Crippen LogP contribution in [0.5, 0.6) is 0 Å². The monoisotopic (exact) mass is 1130 g/mol. The Balaban J connectivity index is 3.47. The number of allylic oxidation sites excluding steroid dienone is 22. The maximum Gasteiger partial charge on any atom is 0.306 e. The van der Waals surface area contributed by atoms with Gasteiger partial charge in [0.1, 0.15) is 6.61 Å². The van der Waals surface area contributed by atoms with Gasteiger partial charge in [-0.1, -0.05) is 334 Å².